The number of hydrogen-bond acceptors (Lipinski definition) is 4. The summed E-state index contributed by atoms with van der Waals surface area (Å²) >= 11 is 0. The second-order valence-electron chi connectivity index (χ2n) is 10.6. The number of hydrogen-bond donors (Lipinski definition) is 2. The third-order valence-electron chi connectivity index (χ3n) is 7.36. The van der Waals surface area contributed by atoms with Gasteiger partial charge in [-0.15, -0.1) is 0 Å². The van der Waals surface area contributed by atoms with Gasteiger partial charge in [0.05, 0.1) is 19.6 Å². The highest BCUT2D eigenvalue weighted by Gasteiger charge is 2.27. The minimum atomic E-state index is -1.04. The number of pyridine rings is 1. The second kappa shape index (κ2) is 14.3. The van der Waals surface area contributed by atoms with Gasteiger partial charge in [-0.2, -0.15) is 0 Å². The lowest BCUT2D eigenvalue weighted by molar-refractivity contribution is -0.138. The molecule has 0 aliphatic carbocycles. The molecule has 0 saturated heterocycles. The fourth-order valence-electron chi connectivity index (χ4n) is 5.29. The lowest BCUT2D eigenvalue weighted by Crippen LogP contribution is -2.40. The molecule has 3 aromatic carbocycles. The van der Waals surface area contributed by atoms with Crippen LogP contribution in [-0.4, -0.2) is 28.7 Å². The van der Waals surface area contributed by atoms with E-state index in [0.29, 0.717) is 29.7 Å². The number of aryl methyl sites for hydroxylation is 1. The Labute approximate surface area is 246 Å². The molecule has 7 nitrogen and oxygen atoms in total. The van der Waals surface area contributed by atoms with Crippen LogP contribution in [0.3, 0.4) is 0 Å². The van der Waals surface area contributed by atoms with Crippen LogP contribution in [-0.2, 0) is 16.0 Å². The van der Waals surface area contributed by atoms with E-state index >= 15 is 0 Å². The summed E-state index contributed by atoms with van der Waals surface area (Å²) in [7, 11) is 1.60. The molecule has 0 unspecified atom stereocenters. The molecule has 1 amide bonds. The van der Waals surface area contributed by atoms with E-state index in [4.69, 9.17) is 4.74 Å². The first-order valence-corrected chi connectivity index (χ1v) is 14.3. The number of carboxylic acid groups (broad SMARTS) is 1. The number of nitrogens with zero attached hydrogens (tertiary/aromatic N) is 1. The number of rotatable bonds is 13. The number of nitrogens with one attached hydrogen (secondary N) is 1. The number of benzene rings is 3. The largest absolute Gasteiger partial charge is 0.496 e. The van der Waals surface area contributed by atoms with Crippen molar-refractivity contribution in [3.8, 4) is 16.9 Å². The first-order chi connectivity index (χ1) is 20.3. The normalized spacial score (nSPS) is 12.4. The van der Waals surface area contributed by atoms with E-state index in [2.05, 4.69) is 5.32 Å². The SMILES string of the molecule is CCCC[C@@H](C(=O)N[C@@H](CC(=O)O)c1cccc(-c2ccccc2OC)c1)n1cc(C)cc(Cc2ccccc2)c1=O. The number of carbonyl (C=O) groups is 2. The zero-order valence-corrected chi connectivity index (χ0v) is 24.4. The molecule has 218 valence electrons. The zero-order valence-electron chi connectivity index (χ0n) is 24.4. The summed E-state index contributed by atoms with van der Waals surface area (Å²) in [5, 5.41) is 12.7. The van der Waals surface area contributed by atoms with Gasteiger partial charge >= 0.3 is 5.97 Å². The monoisotopic (exact) mass is 566 g/mol. The molecule has 4 rings (SSSR count). The molecule has 7 heteroatoms. The highest BCUT2D eigenvalue weighted by atomic mass is 16.5. The van der Waals surface area contributed by atoms with Crippen LogP contribution in [0.4, 0.5) is 0 Å². The molecule has 0 saturated carbocycles. The second-order valence-corrected chi connectivity index (χ2v) is 10.6. The highest BCUT2D eigenvalue weighted by Crippen LogP contribution is 2.32. The molecule has 0 aliphatic rings. The number of para-hydroxylation sites is 1. The van der Waals surface area contributed by atoms with Crippen LogP contribution in [0.15, 0.2) is 95.9 Å². The van der Waals surface area contributed by atoms with E-state index in [1.807, 2.05) is 98.8 Å². The number of carboxylic acids is 1. The third-order valence-corrected chi connectivity index (χ3v) is 7.36. The fourth-order valence-corrected chi connectivity index (χ4v) is 5.29. The van der Waals surface area contributed by atoms with Gasteiger partial charge in [0.1, 0.15) is 11.8 Å². The van der Waals surface area contributed by atoms with Crippen molar-refractivity contribution in [2.75, 3.05) is 7.11 Å². The number of amides is 1. The average molecular weight is 567 g/mol. The number of carbonyl (C=O) groups excluding carboxylic acids is 1. The molecule has 4 aromatic rings. The molecule has 0 radical (unpaired) electrons. The van der Waals surface area contributed by atoms with Crippen LogP contribution in [0.5, 0.6) is 5.75 Å². The Kier molecular flexibility index (Phi) is 10.3. The summed E-state index contributed by atoms with van der Waals surface area (Å²) in [5.41, 5.74) is 4.65. The van der Waals surface area contributed by atoms with Crippen LogP contribution in [0.25, 0.3) is 11.1 Å². The summed E-state index contributed by atoms with van der Waals surface area (Å²) in [6.45, 7) is 3.95. The number of unbranched alkanes of at least 4 members (excludes halogenated alkanes) is 1. The van der Waals surface area contributed by atoms with Crippen molar-refractivity contribution in [3.63, 3.8) is 0 Å². The van der Waals surface area contributed by atoms with Gasteiger partial charge in [-0.25, -0.2) is 0 Å². The summed E-state index contributed by atoms with van der Waals surface area (Å²) in [4.78, 5) is 39.5. The Balaban J connectivity index is 1.68. The molecule has 2 N–H and O–H groups in total. The molecular weight excluding hydrogens is 528 g/mol. The van der Waals surface area contributed by atoms with Crippen molar-refractivity contribution in [1.82, 2.24) is 9.88 Å². The van der Waals surface area contributed by atoms with Crippen LogP contribution >= 0.6 is 0 Å². The van der Waals surface area contributed by atoms with Crippen molar-refractivity contribution in [2.45, 2.75) is 58.0 Å². The van der Waals surface area contributed by atoms with Gasteiger partial charge in [-0.3, -0.25) is 14.4 Å². The number of methoxy groups -OCH3 is 1. The van der Waals surface area contributed by atoms with Crippen molar-refractivity contribution < 1.29 is 19.4 Å². The predicted octanol–water partition coefficient (Wildman–Crippen LogP) is 6.49. The van der Waals surface area contributed by atoms with Crippen LogP contribution in [0, 0.1) is 6.92 Å². The smallest absolute Gasteiger partial charge is 0.305 e. The Morgan fingerprint density at radius 1 is 0.976 bits per heavy atom. The summed E-state index contributed by atoms with van der Waals surface area (Å²) in [5.74, 6) is -0.722. The zero-order chi connectivity index (χ0) is 30.1. The van der Waals surface area contributed by atoms with Crippen molar-refractivity contribution >= 4 is 11.9 Å². The van der Waals surface area contributed by atoms with Gasteiger partial charge in [0.2, 0.25) is 5.91 Å². The van der Waals surface area contributed by atoms with E-state index in [0.717, 1.165) is 35.1 Å². The number of aliphatic carboxylic acids is 1. The van der Waals surface area contributed by atoms with Crippen molar-refractivity contribution in [1.29, 1.82) is 0 Å². The van der Waals surface area contributed by atoms with Gasteiger partial charge in [0, 0.05) is 23.7 Å². The first kappa shape index (κ1) is 30.3. The Morgan fingerprint density at radius 2 is 1.71 bits per heavy atom. The molecule has 0 fully saturated rings. The van der Waals surface area contributed by atoms with Gasteiger partial charge in [-0.1, -0.05) is 86.5 Å². The topological polar surface area (TPSA) is 97.6 Å². The predicted molar refractivity (Wildman–Crippen MR) is 165 cm³/mol. The number of ether oxygens (including phenoxy) is 1. The molecule has 0 spiro atoms. The third kappa shape index (κ3) is 7.55. The van der Waals surface area contributed by atoms with E-state index in [-0.39, 0.29) is 17.9 Å². The maximum absolute atomic E-state index is 13.9. The van der Waals surface area contributed by atoms with Crippen molar-refractivity contribution in [3.05, 3.63) is 124 Å². The molecular formula is C35H38N2O5. The van der Waals surface area contributed by atoms with E-state index < -0.39 is 18.1 Å². The van der Waals surface area contributed by atoms with E-state index in [9.17, 15) is 19.5 Å². The quantitative estimate of drug-likeness (QED) is 0.193. The van der Waals surface area contributed by atoms with Crippen LogP contribution in [0.2, 0.25) is 0 Å². The highest BCUT2D eigenvalue weighted by molar-refractivity contribution is 5.82. The molecule has 0 bridgehead atoms. The Morgan fingerprint density at radius 3 is 2.43 bits per heavy atom. The maximum Gasteiger partial charge on any atom is 0.305 e. The van der Waals surface area contributed by atoms with Gasteiger partial charge in [0.15, 0.2) is 0 Å². The lowest BCUT2D eigenvalue weighted by Gasteiger charge is -2.25. The van der Waals surface area contributed by atoms with E-state index in [1.54, 1.807) is 13.3 Å². The average Bonchev–Trinajstić information content (AvgIpc) is 2.99. The van der Waals surface area contributed by atoms with Gasteiger partial charge in [0.25, 0.3) is 5.56 Å². The lowest BCUT2D eigenvalue weighted by atomic mass is 9.96. The molecule has 0 aliphatic heterocycles. The van der Waals surface area contributed by atoms with E-state index in [1.165, 1.54) is 4.57 Å². The van der Waals surface area contributed by atoms with Crippen LogP contribution in [0.1, 0.15) is 66.9 Å². The minimum Gasteiger partial charge on any atom is -0.496 e. The van der Waals surface area contributed by atoms with Crippen molar-refractivity contribution in [2.24, 2.45) is 0 Å². The number of aromatic nitrogens is 1. The fraction of sp³-hybridized carbons (Fsp3) is 0.286. The molecule has 2 atom stereocenters. The first-order valence-electron chi connectivity index (χ1n) is 14.3. The van der Waals surface area contributed by atoms with Crippen LogP contribution < -0.4 is 15.6 Å². The molecule has 1 aromatic heterocycles. The molecule has 1 heterocycles. The van der Waals surface area contributed by atoms with Gasteiger partial charge in [-0.05, 0) is 53.8 Å². The Hall–Kier alpha value is -4.65. The maximum atomic E-state index is 13.9. The minimum absolute atomic E-state index is 0.214. The standard InChI is InChI=1S/C35H38N2O5/c1-4-5-17-31(37-23-24(2)19-28(35(37)41)20-25-12-7-6-8-13-25)34(40)36-30(22-33(38)39)27-15-11-14-26(21-27)29-16-9-10-18-32(29)42-3/h6-16,18-19,21,23,30-31H,4-5,17,20,22H2,1-3H3,(H,36,40)(H,38,39)/t30-,31-/m0/s1. The summed E-state index contributed by atoms with van der Waals surface area (Å²) < 4.78 is 7.05. The van der Waals surface area contributed by atoms with Gasteiger partial charge < -0.3 is 19.7 Å². The molecule has 42 heavy (non-hydrogen) atoms. The summed E-state index contributed by atoms with van der Waals surface area (Å²) in [6.07, 6.45) is 3.92. The Bertz CT molecular complexity index is 1580. The summed E-state index contributed by atoms with van der Waals surface area (Å²) in [6, 6.07) is 25.1.